The minimum Gasteiger partial charge on any atom is -0.481 e. The van der Waals surface area contributed by atoms with Gasteiger partial charge in [-0.2, -0.15) is 0 Å². The Hall–Kier alpha value is -0.350. The maximum Gasteiger partial charge on any atom is 0.309 e. The number of carboxylic acids is 1. The maximum absolute atomic E-state index is 11.5. The Balaban J connectivity index is 2.20. The van der Waals surface area contributed by atoms with Gasteiger partial charge in [0, 0.05) is 9.35 Å². The summed E-state index contributed by atoms with van der Waals surface area (Å²) in [4.78, 5) is 12.7. The Morgan fingerprint density at radius 3 is 2.62 bits per heavy atom. The van der Waals surface area contributed by atoms with Gasteiger partial charge in [-0.05, 0) is 46.6 Å². The van der Waals surface area contributed by atoms with Crippen molar-refractivity contribution in [2.45, 2.75) is 38.5 Å². The van der Waals surface area contributed by atoms with Crippen molar-refractivity contribution in [2.75, 3.05) is 0 Å². The summed E-state index contributed by atoms with van der Waals surface area (Å²) in [6.07, 6.45) is 5.62. The molecular formula is C12H15BrO2S. The number of thiophene rings is 1. The van der Waals surface area contributed by atoms with Crippen molar-refractivity contribution in [1.82, 2.24) is 0 Å². The van der Waals surface area contributed by atoms with Crippen LogP contribution in [-0.4, -0.2) is 11.1 Å². The van der Waals surface area contributed by atoms with Crippen LogP contribution in [0.1, 0.15) is 37.0 Å². The van der Waals surface area contributed by atoms with E-state index in [2.05, 4.69) is 15.9 Å². The van der Waals surface area contributed by atoms with E-state index in [-0.39, 0.29) is 0 Å². The fourth-order valence-electron chi connectivity index (χ4n) is 2.45. The quantitative estimate of drug-likeness (QED) is 0.913. The van der Waals surface area contributed by atoms with Crippen molar-refractivity contribution in [3.8, 4) is 0 Å². The predicted molar refractivity (Wildman–Crippen MR) is 68.9 cm³/mol. The second kappa shape index (κ2) is 4.88. The highest BCUT2D eigenvalue weighted by Gasteiger charge is 2.40. The van der Waals surface area contributed by atoms with Crippen molar-refractivity contribution in [2.24, 2.45) is 5.41 Å². The van der Waals surface area contributed by atoms with Crippen molar-refractivity contribution in [1.29, 1.82) is 0 Å². The number of carbonyl (C=O) groups is 1. The van der Waals surface area contributed by atoms with Crippen molar-refractivity contribution in [3.63, 3.8) is 0 Å². The molecule has 0 spiro atoms. The minimum atomic E-state index is -0.618. The second-order valence-corrected chi connectivity index (χ2v) is 6.37. The van der Waals surface area contributed by atoms with E-state index in [0.717, 1.165) is 30.2 Å². The van der Waals surface area contributed by atoms with E-state index in [1.165, 1.54) is 11.3 Å². The summed E-state index contributed by atoms with van der Waals surface area (Å²) in [5, 5.41) is 11.5. The average Bonchev–Trinajstić information content (AvgIpc) is 2.65. The van der Waals surface area contributed by atoms with Crippen LogP contribution in [0.5, 0.6) is 0 Å². The van der Waals surface area contributed by atoms with E-state index in [9.17, 15) is 9.90 Å². The molecule has 4 heteroatoms. The SMILES string of the molecule is O=C(O)C1(Cc2sccc2Br)CCCCC1. The van der Waals surface area contributed by atoms with Crippen LogP contribution in [0.15, 0.2) is 15.9 Å². The number of halogens is 1. The van der Waals surface area contributed by atoms with Crippen LogP contribution in [0, 0.1) is 5.41 Å². The van der Waals surface area contributed by atoms with Crippen molar-refractivity contribution >= 4 is 33.2 Å². The van der Waals surface area contributed by atoms with Crippen LogP contribution in [-0.2, 0) is 11.2 Å². The third-order valence-corrected chi connectivity index (χ3v) is 5.38. The molecule has 1 aromatic heterocycles. The van der Waals surface area contributed by atoms with Crippen LogP contribution >= 0.6 is 27.3 Å². The largest absolute Gasteiger partial charge is 0.481 e. The average molecular weight is 303 g/mol. The molecule has 0 saturated heterocycles. The van der Waals surface area contributed by atoms with Crippen LogP contribution < -0.4 is 0 Å². The molecule has 0 radical (unpaired) electrons. The zero-order chi connectivity index (χ0) is 11.6. The smallest absolute Gasteiger partial charge is 0.309 e. The molecule has 1 aromatic rings. The molecule has 0 aliphatic heterocycles. The number of carboxylic acid groups (broad SMARTS) is 1. The number of rotatable bonds is 3. The molecule has 0 unspecified atom stereocenters. The van der Waals surface area contributed by atoms with Gasteiger partial charge in [0.2, 0.25) is 0 Å². The summed E-state index contributed by atoms with van der Waals surface area (Å²) in [5.41, 5.74) is -0.508. The fourth-order valence-corrected chi connectivity index (χ4v) is 4.09. The molecule has 1 N–H and O–H groups in total. The first-order valence-electron chi connectivity index (χ1n) is 5.59. The Bertz CT molecular complexity index is 380. The molecular weight excluding hydrogens is 288 g/mol. The normalized spacial score (nSPS) is 19.6. The molecule has 1 heterocycles. The van der Waals surface area contributed by atoms with Gasteiger partial charge in [-0.25, -0.2) is 0 Å². The number of hydrogen-bond acceptors (Lipinski definition) is 2. The molecule has 0 aromatic carbocycles. The van der Waals surface area contributed by atoms with E-state index in [4.69, 9.17) is 0 Å². The van der Waals surface area contributed by atoms with Gasteiger partial charge in [-0.3, -0.25) is 4.79 Å². The first-order valence-corrected chi connectivity index (χ1v) is 7.27. The Labute approximate surface area is 108 Å². The van der Waals surface area contributed by atoms with E-state index in [0.29, 0.717) is 6.42 Å². The first kappa shape index (κ1) is 12.1. The molecule has 1 aliphatic rings. The first-order chi connectivity index (χ1) is 7.64. The molecule has 1 aliphatic carbocycles. The predicted octanol–water partition coefficient (Wildman–Crippen LogP) is 4.09. The van der Waals surface area contributed by atoms with Crippen LogP contribution in [0.2, 0.25) is 0 Å². The third kappa shape index (κ3) is 2.33. The molecule has 1 fully saturated rings. The lowest BCUT2D eigenvalue weighted by Crippen LogP contribution is -2.35. The molecule has 2 nitrogen and oxygen atoms in total. The minimum absolute atomic E-state index is 0.508. The highest BCUT2D eigenvalue weighted by Crippen LogP contribution is 2.41. The topological polar surface area (TPSA) is 37.3 Å². The van der Waals surface area contributed by atoms with Crippen molar-refractivity contribution < 1.29 is 9.90 Å². The van der Waals surface area contributed by atoms with E-state index in [1.807, 2.05) is 11.4 Å². The zero-order valence-electron chi connectivity index (χ0n) is 9.04. The molecule has 16 heavy (non-hydrogen) atoms. The summed E-state index contributed by atoms with van der Waals surface area (Å²) >= 11 is 5.13. The highest BCUT2D eigenvalue weighted by atomic mass is 79.9. The van der Waals surface area contributed by atoms with Gasteiger partial charge in [0.1, 0.15) is 0 Å². The molecule has 1 saturated carbocycles. The van der Waals surface area contributed by atoms with E-state index >= 15 is 0 Å². The fraction of sp³-hybridized carbons (Fsp3) is 0.583. The lowest BCUT2D eigenvalue weighted by Gasteiger charge is -2.32. The lowest BCUT2D eigenvalue weighted by atomic mass is 9.71. The van der Waals surface area contributed by atoms with Crippen molar-refractivity contribution in [3.05, 3.63) is 20.8 Å². The lowest BCUT2D eigenvalue weighted by molar-refractivity contribution is -0.151. The van der Waals surface area contributed by atoms with Crippen LogP contribution in [0.3, 0.4) is 0 Å². The molecule has 0 amide bonds. The summed E-state index contributed by atoms with van der Waals surface area (Å²) in [7, 11) is 0. The van der Waals surface area contributed by atoms with Crippen LogP contribution in [0.4, 0.5) is 0 Å². The van der Waals surface area contributed by atoms with Gasteiger partial charge in [-0.15, -0.1) is 11.3 Å². The molecule has 0 atom stereocenters. The summed E-state index contributed by atoms with van der Waals surface area (Å²) in [5.74, 6) is -0.618. The van der Waals surface area contributed by atoms with Crippen LogP contribution in [0.25, 0.3) is 0 Å². The zero-order valence-corrected chi connectivity index (χ0v) is 11.4. The summed E-state index contributed by atoms with van der Waals surface area (Å²) in [6, 6.07) is 2.00. The van der Waals surface area contributed by atoms with Gasteiger partial charge in [0.15, 0.2) is 0 Å². The van der Waals surface area contributed by atoms with E-state index < -0.39 is 11.4 Å². The number of aliphatic carboxylic acids is 1. The van der Waals surface area contributed by atoms with E-state index in [1.54, 1.807) is 11.3 Å². The maximum atomic E-state index is 11.5. The third-order valence-electron chi connectivity index (χ3n) is 3.45. The summed E-state index contributed by atoms with van der Waals surface area (Å²) < 4.78 is 1.06. The van der Waals surface area contributed by atoms with Gasteiger partial charge in [-0.1, -0.05) is 19.3 Å². The van der Waals surface area contributed by atoms with Gasteiger partial charge >= 0.3 is 5.97 Å². The highest BCUT2D eigenvalue weighted by molar-refractivity contribution is 9.10. The monoisotopic (exact) mass is 302 g/mol. The standard InChI is InChI=1S/C12H15BrO2S/c13-9-4-7-16-10(9)8-12(11(14)15)5-2-1-3-6-12/h4,7H,1-3,5-6,8H2,(H,14,15). The Morgan fingerprint density at radius 1 is 1.44 bits per heavy atom. The van der Waals surface area contributed by atoms with Gasteiger partial charge < -0.3 is 5.11 Å². The summed E-state index contributed by atoms with van der Waals surface area (Å²) in [6.45, 7) is 0. The number of hydrogen-bond donors (Lipinski definition) is 1. The van der Waals surface area contributed by atoms with Gasteiger partial charge in [0.05, 0.1) is 5.41 Å². The van der Waals surface area contributed by atoms with Gasteiger partial charge in [0.25, 0.3) is 0 Å². The Kier molecular flexibility index (Phi) is 3.70. The molecule has 2 rings (SSSR count). The molecule has 88 valence electrons. The Morgan fingerprint density at radius 2 is 2.12 bits per heavy atom. The second-order valence-electron chi connectivity index (χ2n) is 4.51. The molecule has 0 bridgehead atoms.